The fourth-order valence-electron chi connectivity index (χ4n) is 3.22. The van der Waals surface area contributed by atoms with Crippen LogP contribution in [0.5, 0.6) is 0 Å². The maximum Gasteiger partial charge on any atom is 0.234 e. The molecule has 1 saturated heterocycles. The van der Waals surface area contributed by atoms with Gasteiger partial charge in [-0.2, -0.15) is 0 Å². The van der Waals surface area contributed by atoms with Gasteiger partial charge in [0.05, 0.1) is 6.54 Å². The van der Waals surface area contributed by atoms with Crippen molar-refractivity contribution in [1.82, 2.24) is 20.2 Å². The summed E-state index contributed by atoms with van der Waals surface area (Å²) < 4.78 is 0. The van der Waals surface area contributed by atoms with E-state index < -0.39 is 0 Å². The molecule has 0 spiro atoms. The second-order valence-corrected chi connectivity index (χ2v) is 7.33. The minimum absolute atomic E-state index is 0.0754. The predicted octanol–water partition coefficient (Wildman–Crippen LogP) is 2.23. The number of amides is 1. The first-order chi connectivity index (χ1) is 13.0. The monoisotopic (exact) mass is 387 g/mol. The van der Waals surface area contributed by atoms with Gasteiger partial charge in [-0.05, 0) is 38.0 Å². The third-order valence-electron chi connectivity index (χ3n) is 5.00. The van der Waals surface area contributed by atoms with Crippen molar-refractivity contribution in [2.24, 2.45) is 0 Å². The number of aryl methyl sites for hydroxylation is 1. The van der Waals surface area contributed by atoms with E-state index in [-0.39, 0.29) is 5.91 Å². The lowest BCUT2D eigenvalue weighted by Crippen LogP contribution is -2.50. The van der Waals surface area contributed by atoms with E-state index in [1.54, 1.807) is 6.33 Å². The fraction of sp³-hybridized carbons (Fsp3) is 0.450. The van der Waals surface area contributed by atoms with Crippen LogP contribution in [0.25, 0.3) is 0 Å². The molecule has 0 saturated carbocycles. The average molecular weight is 388 g/mol. The van der Waals surface area contributed by atoms with E-state index in [9.17, 15) is 4.79 Å². The molecule has 0 radical (unpaired) electrons. The molecule has 3 rings (SSSR count). The van der Waals surface area contributed by atoms with Gasteiger partial charge in [0.1, 0.15) is 12.1 Å². The van der Waals surface area contributed by atoms with Crippen LogP contribution in [0.2, 0.25) is 5.02 Å². The van der Waals surface area contributed by atoms with Gasteiger partial charge in [0.2, 0.25) is 5.91 Å². The molecule has 2 aromatic rings. The summed E-state index contributed by atoms with van der Waals surface area (Å²) in [4.78, 5) is 25.3. The van der Waals surface area contributed by atoms with E-state index in [4.69, 9.17) is 11.6 Å². The zero-order chi connectivity index (χ0) is 19.2. The number of hydrogen-bond donors (Lipinski definition) is 1. The highest BCUT2D eigenvalue weighted by atomic mass is 35.5. The Morgan fingerprint density at radius 1 is 1.11 bits per heavy atom. The van der Waals surface area contributed by atoms with Gasteiger partial charge in [0, 0.05) is 49.0 Å². The fourth-order valence-corrected chi connectivity index (χ4v) is 3.34. The molecule has 1 aromatic carbocycles. The van der Waals surface area contributed by atoms with Gasteiger partial charge in [0.25, 0.3) is 0 Å². The van der Waals surface area contributed by atoms with Crippen molar-refractivity contribution in [2.45, 2.75) is 20.3 Å². The molecule has 0 bridgehead atoms. The zero-order valence-corrected chi connectivity index (χ0v) is 16.7. The molecular formula is C20H26ClN5O. The van der Waals surface area contributed by atoms with Crippen LogP contribution in [0.3, 0.4) is 0 Å². The Bertz CT molecular complexity index is 772. The van der Waals surface area contributed by atoms with E-state index >= 15 is 0 Å². The quantitative estimate of drug-likeness (QED) is 0.823. The summed E-state index contributed by atoms with van der Waals surface area (Å²) in [5.74, 6) is 1.08. The number of anilines is 1. The Morgan fingerprint density at radius 3 is 2.52 bits per heavy atom. The van der Waals surface area contributed by atoms with Crippen molar-refractivity contribution in [1.29, 1.82) is 0 Å². The lowest BCUT2D eigenvalue weighted by atomic mass is 10.1. The molecule has 1 aliphatic rings. The highest BCUT2D eigenvalue weighted by Crippen LogP contribution is 2.19. The smallest absolute Gasteiger partial charge is 0.234 e. The number of carbonyl (C=O) groups is 1. The molecule has 0 aliphatic carbocycles. The number of nitrogens with zero attached hydrogens (tertiary/aromatic N) is 4. The first-order valence-corrected chi connectivity index (χ1v) is 9.67. The van der Waals surface area contributed by atoms with E-state index in [0.717, 1.165) is 54.7 Å². The third kappa shape index (κ3) is 5.40. The number of halogens is 1. The van der Waals surface area contributed by atoms with Gasteiger partial charge in [0.15, 0.2) is 0 Å². The molecule has 1 amide bonds. The van der Waals surface area contributed by atoms with Gasteiger partial charge in [-0.15, -0.1) is 0 Å². The van der Waals surface area contributed by atoms with Gasteiger partial charge in [-0.25, -0.2) is 9.97 Å². The molecule has 0 unspecified atom stereocenters. The SMILES string of the molecule is Cc1ncnc(N2CCN(CC(=O)NCCc3ccc(Cl)cc3)CC2)c1C. The molecule has 7 heteroatoms. The van der Waals surface area contributed by atoms with Crippen molar-refractivity contribution in [3.8, 4) is 0 Å². The number of carbonyl (C=O) groups excluding carboxylic acids is 1. The number of hydrogen-bond acceptors (Lipinski definition) is 5. The summed E-state index contributed by atoms with van der Waals surface area (Å²) in [6.07, 6.45) is 2.43. The zero-order valence-electron chi connectivity index (χ0n) is 15.9. The standard InChI is InChI=1S/C20H26ClN5O/c1-15-16(2)23-14-24-20(15)26-11-9-25(10-12-26)13-19(27)22-8-7-17-3-5-18(21)6-4-17/h3-6,14H,7-13H2,1-2H3,(H,22,27). The summed E-state index contributed by atoms with van der Waals surface area (Å²) in [7, 11) is 0. The number of rotatable bonds is 6. The first-order valence-electron chi connectivity index (χ1n) is 9.29. The lowest BCUT2D eigenvalue weighted by Gasteiger charge is -2.35. The second kappa shape index (κ2) is 9.15. The largest absolute Gasteiger partial charge is 0.355 e. The molecule has 1 aromatic heterocycles. The van der Waals surface area contributed by atoms with Crippen molar-refractivity contribution < 1.29 is 4.79 Å². The second-order valence-electron chi connectivity index (χ2n) is 6.90. The molecule has 1 N–H and O–H groups in total. The normalized spacial score (nSPS) is 15.0. The van der Waals surface area contributed by atoms with E-state index in [2.05, 4.69) is 32.0 Å². The highest BCUT2D eigenvalue weighted by Gasteiger charge is 2.21. The van der Waals surface area contributed by atoms with Crippen molar-refractivity contribution >= 4 is 23.3 Å². The molecular weight excluding hydrogens is 362 g/mol. The van der Waals surface area contributed by atoms with E-state index in [0.29, 0.717) is 13.1 Å². The van der Waals surface area contributed by atoms with Gasteiger partial charge >= 0.3 is 0 Å². The molecule has 0 atom stereocenters. The number of piperazine rings is 1. The maximum atomic E-state index is 12.2. The summed E-state index contributed by atoms with van der Waals surface area (Å²) in [5.41, 5.74) is 3.32. The third-order valence-corrected chi connectivity index (χ3v) is 5.25. The summed E-state index contributed by atoms with van der Waals surface area (Å²) in [5, 5.41) is 3.74. The number of aromatic nitrogens is 2. The molecule has 144 valence electrons. The summed E-state index contributed by atoms with van der Waals surface area (Å²) in [6, 6.07) is 7.73. The Labute approximate surface area is 165 Å². The summed E-state index contributed by atoms with van der Waals surface area (Å²) >= 11 is 5.88. The number of benzene rings is 1. The van der Waals surface area contributed by atoms with Crippen LogP contribution in [0.1, 0.15) is 16.8 Å². The lowest BCUT2D eigenvalue weighted by molar-refractivity contribution is -0.122. The Hall–Kier alpha value is -2.18. The Morgan fingerprint density at radius 2 is 1.81 bits per heavy atom. The maximum absolute atomic E-state index is 12.2. The van der Waals surface area contributed by atoms with Gasteiger partial charge in [-0.3, -0.25) is 9.69 Å². The Balaban J connectivity index is 1.40. The van der Waals surface area contributed by atoms with E-state index in [1.165, 1.54) is 5.56 Å². The van der Waals surface area contributed by atoms with Gasteiger partial charge in [-0.1, -0.05) is 23.7 Å². The first kappa shape index (κ1) is 19.6. The van der Waals surface area contributed by atoms with Crippen LogP contribution >= 0.6 is 11.6 Å². The van der Waals surface area contributed by atoms with Crippen LogP contribution < -0.4 is 10.2 Å². The Kier molecular flexibility index (Phi) is 6.63. The van der Waals surface area contributed by atoms with Crippen molar-refractivity contribution in [2.75, 3.05) is 44.2 Å². The summed E-state index contributed by atoms with van der Waals surface area (Å²) in [6.45, 7) is 8.59. The van der Waals surface area contributed by atoms with Crippen molar-refractivity contribution in [3.05, 3.63) is 52.4 Å². The average Bonchev–Trinajstić information content (AvgIpc) is 2.66. The topological polar surface area (TPSA) is 61.4 Å². The van der Waals surface area contributed by atoms with Crippen LogP contribution in [0.4, 0.5) is 5.82 Å². The molecule has 2 heterocycles. The van der Waals surface area contributed by atoms with Crippen LogP contribution in [-0.2, 0) is 11.2 Å². The molecule has 27 heavy (non-hydrogen) atoms. The number of nitrogens with one attached hydrogen (secondary N) is 1. The predicted molar refractivity (Wildman–Crippen MR) is 108 cm³/mol. The van der Waals surface area contributed by atoms with Crippen LogP contribution in [0, 0.1) is 13.8 Å². The minimum Gasteiger partial charge on any atom is -0.355 e. The van der Waals surface area contributed by atoms with Crippen molar-refractivity contribution in [3.63, 3.8) is 0 Å². The van der Waals surface area contributed by atoms with Crippen LogP contribution in [-0.4, -0.2) is 60.0 Å². The highest BCUT2D eigenvalue weighted by molar-refractivity contribution is 6.30. The van der Waals surface area contributed by atoms with Crippen LogP contribution in [0.15, 0.2) is 30.6 Å². The van der Waals surface area contributed by atoms with Gasteiger partial charge < -0.3 is 10.2 Å². The van der Waals surface area contributed by atoms with E-state index in [1.807, 2.05) is 31.2 Å². The molecule has 1 aliphatic heterocycles. The molecule has 1 fully saturated rings. The molecule has 6 nitrogen and oxygen atoms in total. The minimum atomic E-state index is 0.0754.